The van der Waals surface area contributed by atoms with Gasteiger partial charge in [0.2, 0.25) is 0 Å². The maximum absolute atomic E-state index is 4.11. The van der Waals surface area contributed by atoms with Gasteiger partial charge in [0.05, 0.1) is 11.7 Å². The van der Waals surface area contributed by atoms with Crippen LogP contribution in [0.4, 0.5) is 0 Å². The van der Waals surface area contributed by atoms with Crippen LogP contribution in [0.15, 0.2) is 24.4 Å². The van der Waals surface area contributed by atoms with Gasteiger partial charge in [0.15, 0.2) is 0 Å². The second kappa shape index (κ2) is 4.26. The number of benzene rings is 1. The number of aromatic amines is 1. The lowest BCUT2D eigenvalue weighted by Crippen LogP contribution is -2.30. The van der Waals surface area contributed by atoms with Gasteiger partial charge in [-0.1, -0.05) is 18.2 Å². The van der Waals surface area contributed by atoms with E-state index in [2.05, 4.69) is 33.7 Å². The number of H-pyrrole nitrogens is 1. The van der Waals surface area contributed by atoms with Gasteiger partial charge >= 0.3 is 0 Å². The Hall–Kier alpha value is -1.35. The van der Waals surface area contributed by atoms with Crippen LogP contribution in [-0.4, -0.2) is 23.3 Å². The molecule has 1 aliphatic rings. The molecule has 16 heavy (non-hydrogen) atoms. The number of fused-ring (bicyclic) bond motifs is 1. The highest BCUT2D eigenvalue weighted by Gasteiger charge is 2.14. The summed E-state index contributed by atoms with van der Waals surface area (Å²) in [6.07, 6.45) is 5.71. The van der Waals surface area contributed by atoms with Crippen molar-refractivity contribution in [2.45, 2.75) is 19.3 Å². The first-order chi connectivity index (χ1) is 7.93. The van der Waals surface area contributed by atoms with E-state index in [1.54, 1.807) is 0 Å². The summed E-state index contributed by atoms with van der Waals surface area (Å²) in [5.74, 6) is 0.780. The Balaban J connectivity index is 1.85. The monoisotopic (exact) mass is 215 g/mol. The third-order valence-corrected chi connectivity index (χ3v) is 3.47. The van der Waals surface area contributed by atoms with Gasteiger partial charge in [-0.05, 0) is 43.8 Å². The van der Waals surface area contributed by atoms with Gasteiger partial charge in [0, 0.05) is 5.39 Å². The van der Waals surface area contributed by atoms with Crippen molar-refractivity contribution in [1.29, 1.82) is 0 Å². The van der Waals surface area contributed by atoms with E-state index in [0.29, 0.717) is 0 Å². The average molecular weight is 215 g/mol. The maximum atomic E-state index is 4.11. The lowest BCUT2D eigenvalue weighted by atomic mass is 9.91. The molecule has 1 atom stereocenters. The summed E-state index contributed by atoms with van der Waals surface area (Å²) in [4.78, 5) is 0. The molecule has 3 nitrogen and oxygen atoms in total. The summed E-state index contributed by atoms with van der Waals surface area (Å²) < 4.78 is 0. The van der Waals surface area contributed by atoms with Crippen molar-refractivity contribution >= 4 is 10.9 Å². The quantitative estimate of drug-likeness (QED) is 0.805. The molecule has 3 rings (SSSR count). The van der Waals surface area contributed by atoms with Crippen LogP contribution in [0, 0.1) is 5.92 Å². The minimum Gasteiger partial charge on any atom is -0.316 e. The Labute approximate surface area is 95.2 Å². The molecule has 1 fully saturated rings. The van der Waals surface area contributed by atoms with Crippen LogP contribution in [0.1, 0.15) is 18.4 Å². The number of hydrogen-bond acceptors (Lipinski definition) is 2. The van der Waals surface area contributed by atoms with Crippen LogP contribution in [0.2, 0.25) is 0 Å². The smallest absolute Gasteiger partial charge is 0.0682 e. The van der Waals surface area contributed by atoms with Gasteiger partial charge in [-0.15, -0.1) is 0 Å². The summed E-state index contributed by atoms with van der Waals surface area (Å²) in [5, 5.41) is 11.9. The zero-order chi connectivity index (χ0) is 10.8. The third-order valence-electron chi connectivity index (χ3n) is 3.47. The van der Waals surface area contributed by atoms with E-state index in [1.165, 1.54) is 35.9 Å². The standard InChI is InChI=1S/C13H17N3/c1-4-11(7-10-3-2-6-14-8-10)13-12(5-1)9-15-16-13/h1,4-5,9-10,14H,2-3,6-8H2,(H,15,16). The van der Waals surface area contributed by atoms with E-state index in [0.717, 1.165) is 18.9 Å². The number of para-hydroxylation sites is 1. The molecular formula is C13H17N3. The molecule has 1 unspecified atom stereocenters. The minimum absolute atomic E-state index is 0.780. The third kappa shape index (κ3) is 1.83. The van der Waals surface area contributed by atoms with Crippen molar-refractivity contribution in [3.05, 3.63) is 30.0 Å². The molecule has 1 aliphatic heterocycles. The topological polar surface area (TPSA) is 40.7 Å². The highest BCUT2D eigenvalue weighted by molar-refractivity contribution is 5.81. The van der Waals surface area contributed by atoms with Gasteiger partial charge in [-0.25, -0.2) is 0 Å². The number of hydrogen-bond donors (Lipinski definition) is 2. The van der Waals surface area contributed by atoms with Crippen LogP contribution >= 0.6 is 0 Å². The van der Waals surface area contributed by atoms with E-state index in [9.17, 15) is 0 Å². The lowest BCUT2D eigenvalue weighted by molar-refractivity contribution is 0.376. The van der Waals surface area contributed by atoms with Crippen molar-refractivity contribution < 1.29 is 0 Å². The van der Waals surface area contributed by atoms with Crippen molar-refractivity contribution in [3.63, 3.8) is 0 Å². The molecular weight excluding hydrogens is 198 g/mol. The summed E-state index contributed by atoms with van der Waals surface area (Å²) in [6, 6.07) is 6.46. The molecule has 2 N–H and O–H groups in total. The molecule has 1 saturated heterocycles. The summed E-state index contributed by atoms with van der Waals surface area (Å²) in [6.45, 7) is 2.34. The number of piperidine rings is 1. The molecule has 0 saturated carbocycles. The van der Waals surface area contributed by atoms with Crippen molar-refractivity contribution in [2.24, 2.45) is 5.92 Å². The normalized spacial score (nSPS) is 21.4. The predicted octanol–water partition coefficient (Wildman–Crippen LogP) is 2.10. The van der Waals surface area contributed by atoms with Crippen molar-refractivity contribution in [3.8, 4) is 0 Å². The summed E-state index contributed by atoms with van der Waals surface area (Å²) >= 11 is 0. The number of rotatable bonds is 2. The van der Waals surface area contributed by atoms with E-state index < -0.39 is 0 Å². The first kappa shape index (κ1) is 9.85. The van der Waals surface area contributed by atoms with E-state index in [4.69, 9.17) is 0 Å². The molecule has 0 radical (unpaired) electrons. The van der Waals surface area contributed by atoms with Gasteiger partial charge < -0.3 is 5.32 Å². The van der Waals surface area contributed by atoms with Crippen LogP contribution in [0.5, 0.6) is 0 Å². The van der Waals surface area contributed by atoms with Crippen LogP contribution < -0.4 is 5.32 Å². The lowest BCUT2D eigenvalue weighted by Gasteiger charge is -2.22. The second-order valence-corrected chi connectivity index (χ2v) is 4.67. The van der Waals surface area contributed by atoms with Gasteiger partial charge in [-0.3, -0.25) is 5.10 Å². The maximum Gasteiger partial charge on any atom is 0.0682 e. The molecule has 0 aliphatic carbocycles. The fourth-order valence-electron chi connectivity index (χ4n) is 2.61. The average Bonchev–Trinajstić information content (AvgIpc) is 2.80. The van der Waals surface area contributed by atoms with Crippen LogP contribution in [0.25, 0.3) is 10.9 Å². The van der Waals surface area contributed by atoms with E-state index in [1.807, 2.05) is 6.20 Å². The first-order valence-electron chi connectivity index (χ1n) is 6.05. The molecule has 0 spiro atoms. The zero-order valence-electron chi connectivity index (χ0n) is 9.37. The molecule has 1 aromatic carbocycles. The summed E-state index contributed by atoms with van der Waals surface area (Å²) in [7, 11) is 0. The fraction of sp³-hybridized carbons (Fsp3) is 0.462. The molecule has 0 amide bonds. The molecule has 2 heterocycles. The molecule has 0 bridgehead atoms. The number of nitrogens with zero attached hydrogens (tertiary/aromatic N) is 1. The summed E-state index contributed by atoms with van der Waals surface area (Å²) in [5.41, 5.74) is 2.62. The van der Waals surface area contributed by atoms with Gasteiger partial charge in [0.25, 0.3) is 0 Å². The number of nitrogens with one attached hydrogen (secondary N) is 2. The fourth-order valence-corrected chi connectivity index (χ4v) is 2.61. The molecule has 84 valence electrons. The predicted molar refractivity (Wildman–Crippen MR) is 65.4 cm³/mol. The number of aromatic nitrogens is 2. The zero-order valence-corrected chi connectivity index (χ0v) is 9.37. The largest absolute Gasteiger partial charge is 0.316 e. The minimum atomic E-state index is 0.780. The highest BCUT2D eigenvalue weighted by atomic mass is 15.1. The molecule has 2 aromatic rings. The second-order valence-electron chi connectivity index (χ2n) is 4.67. The molecule has 3 heteroatoms. The Morgan fingerprint density at radius 3 is 3.25 bits per heavy atom. The van der Waals surface area contributed by atoms with Gasteiger partial charge in [0.1, 0.15) is 0 Å². The Kier molecular flexibility index (Phi) is 2.62. The van der Waals surface area contributed by atoms with E-state index in [-0.39, 0.29) is 0 Å². The van der Waals surface area contributed by atoms with E-state index >= 15 is 0 Å². The SMILES string of the molecule is c1cc(CC2CCCNC2)c2[nH]ncc2c1. The Bertz CT molecular complexity index is 469. The molecule has 1 aromatic heterocycles. The Morgan fingerprint density at radius 2 is 2.38 bits per heavy atom. The van der Waals surface area contributed by atoms with Gasteiger partial charge in [-0.2, -0.15) is 5.10 Å². The Morgan fingerprint density at radius 1 is 1.38 bits per heavy atom. The van der Waals surface area contributed by atoms with Crippen molar-refractivity contribution in [1.82, 2.24) is 15.5 Å². The van der Waals surface area contributed by atoms with Crippen molar-refractivity contribution in [2.75, 3.05) is 13.1 Å². The first-order valence-corrected chi connectivity index (χ1v) is 6.05. The van der Waals surface area contributed by atoms with Crippen LogP contribution in [-0.2, 0) is 6.42 Å². The van der Waals surface area contributed by atoms with Crippen LogP contribution in [0.3, 0.4) is 0 Å². The highest BCUT2D eigenvalue weighted by Crippen LogP contribution is 2.21.